The molecule has 2 rings (SSSR count). The maximum atomic E-state index is 12.3. The second-order valence-electron chi connectivity index (χ2n) is 5.80. The Labute approximate surface area is 108 Å². The largest absolute Gasteiger partial charge is 0.336 e. The normalized spacial score (nSPS) is 31.3. The van der Waals surface area contributed by atoms with E-state index in [-0.39, 0.29) is 18.0 Å². The number of likely N-dealkylation sites (tertiary alicyclic amines) is 1. The van der Waals surface area contributed by atoms with E-state index < -0.39 is 0 Å². The molecule has 0 aliphatic carbocycles. The molecule has 2 saturated heterocycles. The van der Waals surface area contributed by atoms with Gasteiger partial charge in [0.15, 0.2) is 0 Å². The summed E-state index contributed by atoms with van der Waals surface area (Å²) in [5.41, 5.74) is 0. The van der Waals surface area contributed by atoms with Crippen LogP contribution in [-0.2, 0) is 4.79 Å². The molecule has 0 spiro atoms. The Morgan fingerprint density at radius 2 is 1.94 bits per heavy atom. The Morgan fingerprint density at radius 1 is 1.33 bits per heavy atom. The molecular formula is C13H23N3O2. The monoisotopic (exact) mass is 253 g/mol. The van der Waals surface area contributed by atoms with Gasteiger partial charge in [-0.05, 0) is 25.2 Å². The summed E-state index contributed by atoms with van der Waals surface area (Å²) < 4.78 is 0. The minimum atomic E-state index is -0.245. The fraction of sp³-hybridized carbons (Fsp3) is 0.846. The number of amides is 3. The number of nitrogens with zero attached hydrogens (tertiary/aromatic N) is 2. The van der Waals surface area contributed by atoms with Crippen molar-refractivity contribution in [1.29, 1.82) is 0 Å². The molecule has 0 aromatic rings. The molecule has 2 heterocycles. The Hall–Kier alpha value is -1.10. The number of imide groups is 1. The summed E-state index contributed by atoms with van der Waals surface area (Å²) in [4.78, 5) is 27.4. The van der Waals surface area contributed by atoms with E-state index >= 15 is 0 Å². The minimum absolute atomic E-state index is 0.0636. The molecule has 0 aromatic heterocycles. The molecule has 0 aromatic carbocycles. The lowest BCUT2D eigenvalue weighted by Crippen LogP contribution is -2.52. The van der Waals surface area contributed by atoms with E-state index in [4.69, 9.17) is 0 Å². The molecule has 2 fully saturated rings. The number of hydrogen-bond donors (Lipinski definition) is 1. The van der Waals surface area contributed by atoms with E-state index in [9.17, 15) is 9.59 Å². The summed E-state index contributed by atoms with van der Waals surface area (Å²) in [5.74, 6) is 1.18. The van der Waals surface area contributed by atoms with Gasteiger partial charge < -0.3 is 5.32 Å². The van der Waals surface area contributed by atoms with Crippen LogP contribution in [0.1, 0.15) is 27.2 Å². The Kier molecular flexibility index (Phi) is 3.90. The number of carbonyl (C=O) groups is 2. The van der Waals surface area contributed by atoms with Crippen LogP contribution in [0, 0.1) is 11.8 Å². The van der Waals surface area contributed by atoms with Crippen LogP contribution >= 0.6 is 0 Å². The van der Waals surface area contributed by atoms with Gasteiger partial charge in [0, 0.05) is 26.2 Å². The van der Waals surface area contributed by atoms with Crippen LogP contribution in [0.5, 0.6) is 0 Å². The first-order valence-electron chi connectivity index (χ1n) is 6.82. The van der Waals surface area contributed by atoms with Crippen LogP contribution in [0.2, 0.25) is 0 Å². The van der Waals surface area contributed by atoms with Crippen molar-refractivity contribution in [3.63, 3.8) is 0 Å². The zero-order chi connectivity index (χ0) is 13.3. The summed E-state index contributed by atoms with van der Waals surface area (Å²) in [6, 6.07) is -0.441. The fourth-order valence-electron chi connectivity index (χ4n) is 3.09. The zero-order valence-electron chi connectivity index (χ0n) is 11.5. The molecule has 102 valence electrons. The van der Waals surface area contributed by atoms with Gasteiger partial charge in [0.2, 0.25) is 5.91 Å². The molecule has 5 heteroatoms. The van der Waals surface area contributed by atoms with Crippen LogP contribution < -0.4 is 5.32 Å². The molecule has 3 atom stereocenters. The summed E-state index contributed by atoms with van der Waals surface area (Å²) in [7, 11) is 0. The van der Waals surface area contributed by atoms with E-state index in [1.165, 1.54) is 11.3 Å². The number of rotatable bonds is 2. The molecular weight excluding hydrogens is 230 g/mol. The molecule has 1 N–H and O–H groups in total. The molecule has 2 aliphatic rings. The first-order valence-corrected chi connectivity index (χ1v) is 6.82. The molecule has 3 amide bonds. The van der Waals surface area contributed by atoms with E-state index in [2.05, 4.69) is 24.1 Å². The molecule has 0 bridgehead atoms. The zero-order valence-corrected chi connectivity index (χ0v) is 11.5. The van der Waals surface area contributed by atoms with Crippen LogP contribution in [0.15, 0.2) is 0 Å². The van der Waals surface area contributed by atoms with Gasteiger partial charge in [-0.1, -0.05) is 13.8 Å². The predicted molar refractivity (Wildman–Crippen MR) is 69.1 cm³/mol. The van der Waals surface area contributed by atoms with Crippen molar-refractivity contribution in [3.05, 3.63) is 0 Å². The number of nitrogens with one attached hydrogen (secondary N) is 1. The standard InChI is InChI=1S/C13H23N3O2/c1-9-6-10(2)8-15(7-9)11(3)12(17)16-5-4-14-13(16)18/h9-11H,4-8H2,1-3H3,(H,14,18)/t9-,10+,11-/m0/s1. The third-order valence-corrected chi connectivity index (χ3v) is 3.93. The first kappa shape index (κ1) is 13.3. The summed E-state index contributed by atoms with van der Waals surface area (Å²) in [6.45, 7) is 9.34. The van der Waals surface area contributed by atoms with Gasteiger partial charge in [-0.15, -0.1) is 0 Å². The number of hydrogen-bond acceptors (Lipinski definition) is 3. The van der Waals surface area contributed by atoms with Crippen molar-refractivity contribution in [1.82, 2.24) is 15.1 Å². The average Bonchev–Trinajstić information content (AvgIpc) is 2.72. The van der Waals surface area contributed by atoms with Crippen molar-refractivity contribution in [2.24, 2.45) is 11.8 Å². The van der Waals surface area contributed by atoms with Crippen LogP contribution in [0.25, 0.3) is 0 Å². The minimum Gasteiger partial charge on any atom is -0.336 e. The van der Waals surface area contributed by atoms with E-state index in [1.807, 2.05) is 6.92 Å². The highest BCUT2D eigenvalue weighted by Crippen LogP contribution is 2.23. The molecule has 0 radical (unpaired) electrons. The predicted octanol–water partition coefficient (Wildman–Crippen LogP) is 0.905. The van der Waals surface area contributed by atoms with Crippen LogP contribution in [0.3, 0.4) is 0 Å². The lowest BCUT2D eigenvalue weighted by Gasteiger charge is -2.38. The highest BCUT2D eigenvalue weighted by atomic mass is 16.2. The molecule has 18 heavy (non-hydrogen) atoms. The maximum absolute atomic E-state index is 12.3. The third kappa shape index (κ3) is 2.66. The molecule has 0 unspecified atom stereocenters. The average molecular weight is 253 g/mol. The van der Waals surface area contributed by atoms with Gasteiger partial charge >= 0.3 is 6.03 Å². The van der Waals surface area contributed by atoms with Gasteiger partial charge in [0.1, 0.15) is 0 Å². The highest BCUT2D eigenvalue weighted by molar-refractivity contribution is 5.98. The molecule has 2 aliphatic heterocycles. The van der Waals surface area contributed by atoms with E-state index in [1.54, 1.807) is 0 Å². The van der Waals surface area contributed by atoms with Crippen LogP contribution in [-0.4, -0.2) is 54.0 Å². The van der Waals surface area contributed by atoms with Crippen molar-refractivity contribution < 1.29 is 9.59 Å². The lowest BCUT2D eigenvalue weighted by atomic mass is 9.91. The van der Waals surface area contributed by atoms with E-state index in [0.717, 1.165) is 13.1 Å². The SMILES string of the molecule is C[C@@H]1C[C@H](C)CN([C@@H](C)C(=O)N2CCNC2=O)C1. The number of piperidine rings is 1. The van der Waals surface area contributed by atoms with Crippen LogP contribution in [0.4, 0.5) is 4.79 Å². The number of urea groups is 1. The van der Waals surface area contributed by atoms with Gasteiger partial charge in [0.25, 0.3) is 0 Å². The van der Waals surface area contributed by atoms with Gasteiger partial charge in [-0.25, -0.2) is 4.79 Å². The Balaban J connectivity index is 1.99. The molecule has 0 saturated carbocycles. The smallest absolute Gasteiger partial charge is 0.324 e. The second-order valence-corrected chi connectivity index (χ2v) is 5.80. The van der Waals surface area contributed by atoms with Crippen molar-refractivity contribution in [3.8, 4) is 0 Å². The second kappa shape index (κ2) is 5.26. The maximum Gasteiger partial charge on any atom is 0.324 e. The Bertz CT molecular complexity index is 335. The van der Waals surface area contributed by atoms with Gasteiger partial charge in [-0.3, -0.25) is 14.6 Å². The van der Waals surface area contributed by atoms with E-state index in [0.29, 0.717) is 24.9 Å². The fourth-order valence-corrected chi connectivity index (χ4v) is 3.09. The van der Waals surface area contributed by atoms with Gasteiger partial charge in [0.05, 0.1) is 6.04 Å². The summed E-state index contributed by atoms with van der Waals surface area (Å²) in [5, 5.41) is 2.67. The van der Waals surface area contributed by atoms with Crippen molar-refractivity contribution in [2.75, 3.05) is 26.2 Å². The third-order valence-electron chi connectivity index (χ3n) is 3.93. The highest BCUT2D eigenvalue weighted by Gasteiger charge is 2.34. The Morgan fingerprint density at radius 3 is 2.44 bits per heavy atom. The topological polar surface area (TPSA) is 52.7 Å². The number of carbonyl (C=O) groups excluding carboxylic acids is 2. The van der Waals surface area contributed by atoms with Crippen molar-refractivity contribution in [2.45, 2.75) is 33.2 Å². The van der Waals surface area contributed by atoms with Crippen molar-refractivity contribution >= 4 is 11.9 Å². The first-order chi connectivity index (χ1) is 8.49. The summed E-state index contributed by atoms with van der Waals surface area (Å²) >= 11 is 0. The lowest BCUT2D eigenvalue weighted by molar-refractivity contribution is -0.133. The molecule has 5 nitrogen and oxygen atoms in total. The quantitative estimate of drug-likeness (QED) is 0.795. The summed E-state index contributed by atoms with van der Waals surface area (Å²) in [6.07, 6.45) is 1.22. The van der Waals surface area contributed by atoms with Gasteiger partial charge in [-0.2, -0.15) is 0 Å².